The van der Waals surface area contributed by atoms with E-state index < -0.39 is 0 Å². The van der Waals surface area contributed by atoms with Crippen LogP contribution in [-0.2, 0) is 0 Å². The summed E-state index contributed by atoms with van der Waals surface area (Å²) in [5, 5.41) is 4.96. The molecule has 1 aromatic heterocycles. The Kier molecular flexibility index (Phi) is 5.31. The molecule has 24 heavy (non-hydrogen) atoms. The third kappa shape index (κ3) is 4.25. The minimum Gasteiger partial charge on any atom is -0.457 e. The highest BCUT2D eigenvalue weighted by atomic mass is 35.5. The van der Waals surface area contributed by atoms with Crippen molar-refractivity contribution in [1.29, 1.82) is 0 Å². The van der Waals surface area contributed by atoms with Gasteiger partial charge < -0.3 is 4.74 Å². The molecule has 3 aromatic rings. The molecule has 0 aliphatic heterocycles. The topological polar surface area (TPSA) is 46.5 Å². The number of hydrogen-bond acceptors (Lipinski definition) is 4. The number of benzene rings is 2. The fraction of sp³-hybridized carbons (Fsp3) is 0. The number of nitrogens with one attached hydrogen (secondary N) is 1. The zero-order valence-corrected chi connectivity index (χ0v) is 14.0. The van der Waals surface area contributed by atoms with Crippen LogP contribution in [0.25, 0.3) is 0 Å². The van der Waals surface area contributed by atoms with Crippen molar-refractivity contribution in [2.24, 2.45) is 5.10 Å². The van der Waals surface area contributed by atoms with E-state index in [9.17, 15) is 0 Å². The van der Waals surface area contributed by atoms with Crippen molar-refractivity contribution in [3.05, 3.63) is 82.6 Å². The van der Waals surface area contributed by atoms with Gasteiger partial charge >= 0.3 is 0 Å². The molecule has 3 rings (SSSR count). The number of ether oxygens (including phenoxy) is 1. The fourth-order valence-corrected chi connectivity index (χ4v) is 2.42. The van der Waals surface area contributed by atoms with Gasteiger partial charge in [0, 0.05) is 12.4 Å². The van der Waals surface area contributed by atoms with Crippen LogP contribution >= 0.6 is 23.2 Å². The molecule has 0 fully saturated rings. The summed E-state index contributed by atoms with van der Waals surface area (Å²) < 4.78 is 5.79. The number of para-hydroxylation sites is 1. The second-order valence-electron chi connectivity index (χ2n) is 4.84. The van der Waals surface area contributed by atoms with Gasteiger partial charge in [0.05, 0.1) is 21.9 Å². The molecule has 4 nitrogen and oxygen atoms in total. The van der Waals surface area contributed by atoms with Crippen molar-refractivity contribution in [3.8, 4) is 11.5 Å². The van der Waals surface area contributed by atoms with E-state index in [1.165, 1.54) is 12.4 Å². The summed E-state index contributed by atoms with van der Waals surface area (Å²) in [6, 6.07) is 17.2. The van der Waals surface area contributed by atoms with E-state index in [0.29, 0.717) is 15.7 Å². The van der Waals surface area contributed by atoms with E-state index >= 15 is 0 Å². The Morgan fingerprint density at radius 2 is 1.62 bits per heavy atom. The van der Waals surface area contributed by atoms with E-state index in [4.69, 9.17) is 27.9 Å². The van der Waals surface area contributed by atoms with Crippen molar-refractivity contribution >= 4 is 35.1 Å². The number of anilines is 1. The Bertz CT molecular complexity index is 834. The van der Waals surface area contributed by atoms with Crippen LogP contribution in [0.4, 0.5) is 5.69 Å². The van der Waals surface area contributed by atoms with Gasteiger partial charge in [-0.1, -0.05) is 53.5 Å². The van der Waals surface area contributed by atoms with Crippen LogP contribution in [0.2, 0.25) is 10.0 Å². The summed E-state index contributed by atoms with van der Waals surface area (Å²) in [4.78, 5) is 3.89. The van der Waals surface area contributed by atoms with Crippen LogP contribution in [0.1, 0.15) is 5.56 Å². The number of hydrazone groups is 1. The highest BCUT2D eigenvalue weighted by Crippen LogP contribution is 2.28. The first-order valence-corrected chi connectivity index (χ1v) is 7.89. The monoisotopic (exact) mass is 357 g/mol. The summed E-state index contributed by atoms with van der Waals surface area (Å²) in [6.07, 6.45) is 4.66. The molecular weight excluding hydrogens is 345 g/mol. The van der Waals surface area contributed by atoms with E-state index in [1.54, 1.807) is 6.21 Å². The first-order valence-electron chi connectivity index (χ1n) is 7.13. The Balaban J connectivity index is 1.70. The molecule has 0 radical (unpaired) electrons. The Morgan fingerprint density at radius 1 is 0.917 bits per heavy atom. The zero-order chi connectivity index (χ0) is 16.8. The molecule has 120 valence electrons. The van der Waals surface area contributed by atoms with Crippen molar-refractivity contribution in [2.45, 2.75) is 0 Å². The van der Waals surface area contributed by atoms with Crippen LogP contribution < -0.4 is 10.2 Å². The highest BCUT2D eigenvalue weighted by molar-refractivity contribution is 6.38. The van der Waals surface area contributed by atoms with Crippen molar-refractivity contribution in [2.75, 3.05) is 5.43 Å². The van der Waals surface area contributed by atoms with Gasteiger partial charge in [-0.15, -0.1) is 0 Å². The Labute approximate surface area is 149 Å². The van der Waals surface area contributed by atoms with Crippen LogP contribution in [0.5, 0.6) is 11.5 Å². The third-order valence-electron chi connectivity index (χ3n) is 3.08. The maximum Gasteiger partial charge on any atom is 0.128 e. The number of hydrogen-bond donors (Lipinski definition) is 1. The SMILES string of the molecule is Clc1cncc(Cl)c1N/N=C/c1cccc(Oc2ccccc2)c1. The van der Waals surface area contributed by atoms with Crippen LogP contribution in [0.3, 0.4) is 0 Å². The van der Waals surface area contributed by atoms with E-state index in [1.807, 2.05) is 54.6 Å². The van der Waals surface area contributed by atoms with E-state index in [2.05, 4.69) is 15.5 Å². The first-order chi connectivity index (χ1) is 11.7. The van der Waals surface area contributed by atoms with Gasteiger partial charge in [-0.25, -0.2) is 0 Å². The number of pyridine rings is 1. The second kappa shape index (κ2) is 7.81. The summed E-state index contributed by atoms with van der Waals surface area (Å²) in [7, 11) is 0. The van der Waals surface area contributed by atoms with Crippen molar-refractivity contribution in [1.82, 2.24) is 4.98 Å². The van der Waals surface area contributed by atoms with Crippen LogP contribution in [-0.4, -0.2) is 11.2 Å². The maximum absolute atomic E-state index is 6.02. The lowest BCUT2D eigenvalue weighted by Crippen LogP contribution is -1.93. The molecule has 0 saturated heterocycles. The molecule has 1 heterocycles. The van der Waals surface area contributed by atoms with Gasteiger partial charge in [-0.2, -0.15) is 5.10 Å². The average Bonchev–Trinajstić information content (AvgIpc) is 2.59. The molecule has 6 heteroatoms. The predicted molar refractivity (Wildman–Crippen MR) is 98.4 cm³/mol. The molecule has 0 unspecified atom stereocenters. The summed E-state index contributed by atoms with van der Waals surface area (Å²) in [6.45, 7) is 0. The average molecular weight is 358 g/mol. The number of aromatic nitrogens is 1. The van der Waals surface area contributed by atoms with Crippen LogP contribution in [0.15, 0.2) is 72.1 Å². The summed E-state index contributed by atoms with van der Waals surface area (Å²) in [5.74, 6) is 1.50. The lowest BCUT2D eigenvalue weighted by molar-refractivity contribution is 0.482. The lowest BCUT2D eigenvalue weighted by atomic mass is 10.2. The largest absolute Gasteiger partial charge is 0.457 e. The van der Waals surface area contributed by atoms with Gasteiger partial charge in [-0.05, 0) is 29.8 Å². The molecule has 0 atom stereocenters. The molecule has 0 bridgehead atoms. The molecule has 0 aliphatic carbocycles. The van der Waals surface area contributed by atoms with Crippen molar-refractivity contribution in [3.63, 3.8) is 0 Å². The van der Waals surface area contributed by atoms with Gasteiger partial charge in [0.1, 0.15) is 11.5 Å². The molecular formula is C18H13Cl2N3O. The van der Waals surface area contributed by atoms with Crippen LogP contribution in [0, 0.1) is 0 Å². The predicted octanol–water partition coefficient (Wildman–Crippen LogP) is 5.63. The van der Waals surface area contributed by atoms with Gasteiger partial charge in [-0.3, -0.25) is 10.4 Å². The summed E-state index contributed by atoms with van der Waals surface area (Å²) >= 11 is 12.0. The minimum atomic E-state index is 0.404. The minimum absolute atomic E-state index is 0.404. The quantitative estimate of drug-likeness (QED) is 0.475. The third-order valence-corrected chi connectivity index (χ3v) is 3.65. The van der Waals surface area contributed by atoms with Gasteiger partial charge in [0.15, 0.2) is 0 Å². The van der Waals surface area contributed by atoms with Gasteiger partial charge in [0.2, 0.25) is 0 Å². The molecule has 0 spiro atoms. The van der Waals surface area contributed by atoms with E-state index in [-0.39, 0.29) is 0 Å². The standard InChI is InChI=1S/C18H13Cl2N3O/c19-16-11-21-12-17(20)18(16)23-22-10-13-5-4-8-15(9-13)24-14-6-2-1-3-7-14/h1-12H,(H,21,23)/b22-10+. The summed E-state index contributed by atoms with van der Waals surface area (Å²) in [5.41, 5.74) is 4.21. The van der Waals surface area contributed by atoms with Gasteiger partial charge in [0.25, 0.3) is 0 Å². The zero-order valence-electron chi connectivity index (χ0n) is 12.5. The highest BCUT2D eigenvalue weighted by Gasteiger charge is 2.04. The number of halogens is 2. The molecule has 0 aliphatic rings. The second-order valence-corrected chi connectivity index (χ2v) is 5.65. The maximum atomic E-state index is 6.02. The molecule has 1 N–H and O–H groups in total. The Morgan fingerprint density at radius 3 is 2.38 bits per heavy atom. The smallest absolute Gasteiger partial charge is 0.128 e. The normalized spacial score (nSPS) is 10.8. The molecule has 2 aromatic carbocycles. The number of rotatable bonds is 5. The van der Waals surface area contributed by atoms with Crippen molar-refractivity contribution < 1.29 is 4.74 Å². The fourth-order valence-electron chi connectivity index (χ4n) is 1.97. The molecule has 0 amide bonds. The van der Waals surface area contributed by atoms with E-state index in [0.717, 1.165) is 17.1 Å². The molecule has 0 saturated carbocycles. The lowest BCUT2D eigenvalue weighted by Gasteiger charge is -2.06. The number of nitrogens with zero attached hydrogens (tertiary/aromatic N) is 2. The first kappa shape index (κ1) is 16.3. The Hall–Kier alpha value is -2.56.